The quantitative estimate of drug-likeness (QED) is 0.737. The molecular weight excluding hydrogens is 260 g/mol. The molecule has 7 atom stereocenters. The molecule has 0 aromatic rings. The van der Waals surface area contributed by atoms with Crippen LogP contribution < -0.4 is 0 Å². The second-order valence-electron chi connectivity index (χ2n) is 8.46. The summed E-state index contributed by atoms with van der Waals surface area (Å²) < 4.78 is 0. The minimum absolute atomic E-state index is 0.0800. The zero-order chi connectivity index (χ0) is 14.8. The van der Waals surface area contributed by atoms with Crippen molar-refractivity contribution in [1.82, 2.24) is 0 Å². The van der Waals surface area contributed by atoms with Gasteiger partial charge >= 0.3 is 0 Å². The number of carbonyl (C=O) groups is 1. The van der Waals surface area contributed by atoms with E-state index >= 15 is 0 Å². The van der Waals surface area contributed by atoms with Crippen molar-refractivity contribution in [3.05, 3.63) is 11.6 Å². The molecule has 1 unspecified atom stereocenters. The maximum Gasteiger partial charge on any atom is 0.155 e. The van der Waals surface area contributed by atoms with Crippen molar-refractivity contribution in [2.45, 2.75) is 64.9 Å². The summed E-state index contributed by atoms with van der Waals surface area (Å²) in [6.45, 7) is 4.66. The number of ketones is 1. The van der Waals surface area contributed by atoms with E-state index in [0.717, 1.165) is 31.1 Å². The summed E-state index contributed by atoms with van der Waals surface area (Å²) in [5.74, 6) is 3.87. The van der Waals surface area contributed by atoms with Crippen LogP contribution in [0.5, 0.6) is 0 Å². The van der Waals surface area contributed by atoms with Gasteiger partial charge in [0.25, 0.3) is 0 Å². The minimum Gasteiger partial charge on any atom is -0.393 e. The number of hydrogen-bond donors (Lipinski definition) is 1. The van der Waals surface area contributed by atoms with Gasteiger partial charge in [-0.05, 0) is 79.6 Å². The van der Waals surface area contributed by atoms with Gasteiger partial charge in [0.15, 0.2) is 5.78 Å². The fourth-order valence-electron chi connectivity index (χ4n) is 6.47. The first-order valence-electron chi connectivity index (χ1n) is 8.93. The van der Waals surface area contributed by atoms with E-state index in [1.54, 1.807) is 0 Å². The van der Waals surface area contributed by atoms with Crippen LogP contribution in [0.2, 0.25) is 0 Å². The van der Waals surface area contributed by atoms with Crippen LogP contribution in [-0.2, 0) is 4.79 Å². The van der Waals surface area contributed by atoms with E-state index in [1.165, 1.54) is 31.3 Å². The SMILES string of the molecule is C[C@H]1CC2[C@H](CC[C@]3(C)[C@@H](O)CC[C@@H]23)[C@H]2CCC(=O)C=C12. The van der Waals surface area contributed by atoms with Crippen molar-refractivity contribution in [2.75, 3.05) is 0 Å². The molecule has 116 valence electrons. The van der Waals surface area contributed by atoms with Crippen molar-refractivity contribution in [3.8, 4) is 0 Å². The van der Waals surface area contributed by atoms with Crippen molar-refractivity contribution in [1.29, 1.82) is 0 Å². The first-order chi connectivity index (χ1) is 10.0. The lowest BCUT2D eigenvalue weighted by atomic mass is 9.50. The maximum absolute atomic E-state index is 11.8. The number of aliphatic hydroxyl groups excluding tert-OH is 1. The van der Waals surface area contributed by atoms with Gasteiger partial charge in [0.2, 0.25) is 0 Å². The Balaban J connectivity index is 1.67. The molecule has 0 aromatic carbocycles. The van der Waals surface area contributed by atoms with E-state index in [-0.39, 0.29) is 11.5 Å². The monoisotopic (exact) mass is 288 g/mol. The summed E-state index contributed by atoms with van der Waals surface area (Å²) in [4.78, 5) is 11.8. The van der Waals surface area contributed by atoms with Crippen molar-refractivity contribution in [2.24, 2.45) is 35.0 Å². The zero-order valence-electron chi connectivity index (χ0n) is 13.3. The number of hydrogen-bond acceptors (Lipinski definition) is 2. The fourth-order valence-corrected chi connectivity index (χ4v) is 6.47. The zero-order valence-corrected chi connectivity index (χ0v) is 13.3. The average molecular weight is 288 g/mol. The van der Waals surface area contributed by atoms with E-state index in [4.69, 9.17) is 0 Å². The van der Waals surface area contributed by atoms with Crippen molar-refractivity contribution in [3.63, 3.8) is 0 Å². The third kappa shape index (κ3) is 1.91. The van der Waals surface area contributed by atoms with Gasteiger partial charge in [-0.2, -0.15) is 0 Å². The predicted molar refractivity (Wildman–Crippen MR) is 82.6 cm³/mol. The molecule has 2 nitrogen and oxygen atoms in total. The van der Waals surface area contributed by atoms with Gasteiger partial charge in [-0.3, -0.25) is 4.79 Å². The summed E-state index contributed by atoms with van der Waals surface area (Å²) in [6, 6.07) is 0. The Morgan fingerprint density at radius 2 is 2.00 bits per heavy atom. The van der Waals surface area contributed by atoms with E-state index < -0.39 is 0 Å². The van der Waals surface area contributed by atoms with Gasteiger partial charge in [-0.1, -0.05) is 19.4 Å². The van der Waals surface area contributed by atoms with Crippen molar-refractivity contribution >= 4 is 5.78 Å². The minimum atomic E-state index is -0.0800. The van der Waals surface area contributed by atoms with Crippen LogP contribution >= 0.6 is 0 Å². The summed E-state index contributed by atoms with van der Waals surface area (Å²) in [5.41, 5.74) is 1.64. The normalized spacial score (nSPS) is 52.7. The Labute approximate surface area is 128 Å². The lowest BCUT2D eigenvalue weighted by molar-refractivity contribution is -0.116. The predicted octanol–water partition coefficient (Wildman–Crippen LogP) is 3.74. The highest BCUT2D eigenvalue weighted by Crippen LogP contribution is 2.62. The van der Waals surface area contributed by atoms with Crippen LogP contribution in [0.1, 0.15) is 58.8 Å². The molecule has 0 heterocycles. The van der Waals surface area contributed by atoms with Crippen LogP contribution in [0.25, 0.3) is 0 Å². The van der Waals surface area contributed by atoms with Gasteiger partial charge in [0, 0.05) is 6.42 Å². The van der Waals surface area contributed by atoms with Gasteiger partial charge in [0.1, 0.15) is 0 Å². The van der Waals surface area contributed by atoms with Crippen LogP contribution in [0.3, 0.4) is 0 Å². The highest BCUT2D eigenvalue weighted by Gasteiger charge is 2.56. The van der Waals surface area contributed by atoms with E-state index in [2.05, 4.69) is 13.8 Å². The molecule has 21 heavy (non-hydrogen) atoms. The molecule has 0 spiro atoms. The lowest BCUT2D eigenvalue weighted by Gasteiger charge is -2.54. The Morgan fingerprint density at radius 3 is 2.81 bits per heavy atom. The van der Waals surface area contributed by atoms with E-state index in [0.29, 0.717) is 23.5 Å². The second kappa shape index (κ2) is 4.68. The third-order valence-electron chi connectivity index (χ3n) is 7.61. The molecule has 0 radical (unpaired) electrons. The summed E-state index contributed by atoms with van der Waals surface area (Å²) in [5, 5.41) is 10.5. The summed E-state index contributed by atoms with van der Waals surface area (Å²) in [6.07, 6.45) is 9.67. The molecule has 0 aliphatic heterocycles. The first-order valence-corrected chi connectivity index (χ1v) is 8.93. The Hall–Kier alpha value is -0.630. The molecule has 0 saturated heterocycles. The Kier molecular flexibility index (Phi) is 3.12. The Bertz CT molecular complexity index is 494. The van der Waals surface area contributed by atoms with Gasteiger partial charge in [0.05, 0.1) is 6.10 Å². The van der Waals surface area contributed by atoms with Crippen LogP contribution in [0.4, 0.5) is 0 Å². The Morgan fingerprint density at radius 1 is 1.19 bits per heavy atom. The smallest absolute Gasteiger partial charge is 0.155 e. The second-order valence-corrected chi connectivity index (χ2v) is 8.46. The lowest BCUT2D eigenvalue weighted by Crippen LogP contribution is -2.49. The largest absolute Gasteiger partial charge is 0.393 e. The molecule has 4 rings (SSSR count). The molecule has 4 aliphatic rings. The fraction of sp³-hybridized carbons (Fsp3) is 0.842. The average Bonchev–Trinajstić information content (AvgIpc) is 2.76. The molecular formula is C19H28O2. The van der Waals surface area contributed by atoms with Gasteiger partial charge in [-0.25, -0.2) is 0 Å². The molecule has 0 amide bonds. The molecule has 2 heteroatoms. The summed E-state index contributed by atoms with van der Waals surface area (Å²) in [7, 11) is 0. The number of fused-ring (bicyclic) bond motifs is 5. The van der Waals surface area contributed by atoms with E-state index in [9.17, 15) is 9.90 Å². The number of aliphatic hydroxyl groups is 1. The standard InChI is InChI=1S/C19H28O2/c1-11-9-16-14(13-4-3-12(20)10-15(11)13)7-8-19(2)17(16)5-6-18(19)21/h10-11,13-14,16-18,21H,3-9H2,1-2H3/t11-,13+,14+,16?,17-,18-,19-/m0/s1. The topological polar surface area (TPSA) is 37.3 Å². The number of carbonyl (C=O) groups excluding carboxylic acids is 1. The van der Waals surface area contributed by atoms with Gasteiger partial charge < -0.3 is 5.11 Å². The first kappa shape index (κ1) is 14.0. The highest BCUT2D eigenvalue weighted by atomic mass is 16.3. The molecule has 0 aromatic heterocycles. The van der Waals surface area contributed by atoms with Crippen LogP contribution in [0.15, 0.2) is 11.6 Å². The third-order valence-corrected chi connectivity index (χ3v) is 7.61. The molecule has 4 aliphatic carbocycles. The highest BCUT2D eigenvalue weighted by molar-refractivity contribution is 5.91. The number of allylic oxidation sites excluding steroid dienone is 1. The molecule has 3 fully saturated rings. The van der Waals surface area contributed by atoms with Crippen LogP contribution in [0, 0.1) is 35.0 Å². The van der Waals surface area contributed by atoms with Crippen LogP contribution in [-0.4, -0.2) is 17.0 Å². The molecule has 3 saturated carbocycles. The summed E-state index contributed by atoms with van der Waals surface area (Å²) >= 11 is 0. The number of rotatable bonds is 0. The van der Waals surface area contributed by atoms with Gasteiger partial charge in [-0.15, -0.1) is 0 Å². The molecule has 0 bridgehead atoms. The van der Waals surface area contributed by atoms with Crippen molar-refractivity contribution < 1.29 is 9.90 Å². The van der Waals surface area contributed by atoms with E-state index in [1.807, 2.05) is 6.08 Å². The maximum atomic E-state index is 11.8. The molecule has 1 N–H and O–H groups in total.